The lowest BCUT2D eigenvalue weighted by Gasteiger charge is -2.13. The summed E-state index contributed by atoms with van der Waals surface area (Å²) in [4.78, 5) is 3.43. The maximum atomic E-state index is 3.53. The zero-order valence-electron chi connectivity index (χ0n) is 9.89. The van der Waals surface area contributed by atoms with Crippen LogP contribution in [0.3, 0.4) is 0 Å². The Morgan fingerprint density at radius 3 is 2.88 bits per heavy atom. The van der Waals surface area contributed by atoms with Gasteiger partial charge in [-0.15, -0.1) is 0 Å². The van der Waals surface area contributed by atoms with Gasteiger partial charge in [-0.3, -0.25) is 0 Å². The lowest BCUT2D eigenvalue weighted by molar-refractivity contribution is 0.599. The predicted molar refractivity (Wildman–Crippen MR) is 72.8 cm³/mol. The number of nitrogens with one attached hydrogen (secondary N) is 2. The summed E-state index contributed by atoms with van der Waals surface area (Å²) in [6.07, 6.45) is 0. The third-order valence-electron chi connectivity index (χ3n) is 2.94. The minimum Gasteiger partial charge on any atom is -0.358 e. The summed E-state index contributed by atoms with van der Waals surface area (Å²) in [6.45, 7) is 7.47. The van der Waals surface area contributed by atoms with Gasteiger partial charge < -0.3 is 10.3 Å². The van der Waals surface area contributed by atoms with Crippen LogP contribution in [0.15, 0.2) is 22.7 Å². The average molecular weight is 281 g/mol. The van der Waals surface area contributed by atoms with Crippen LogP contribution in [0, 0.1) is 6.92 Å². The minimum atomic E-state index is 0.382. The molecule has 86 valence electrons. The van der Waals surface area contributed by atoms with E-state index in [9.17, 15) is 0 Å². The van der Waals surface area contributed by atoms with Crippen molar-refractivity contribution >= 4 is 26.8 Å². The van der Waals surface area contributed by atoms with Gasteiger partial charge in [-0.1, -0.05) is 22.9 Å². The van der Waals surface area contributed by atoms with E-state index in [-0.39, 0.29) is 0 Å². The fourth-order valence-electron chi connectivity index (χ4n) is 2.29. The normalized spacial score (nSPS) is 13.2. The van der Waals surface area contributed by atoms with Crippen LogP contribution in [0.5, 0.6) is 0 Å². The Balaban J connectivity index is 2.58. The largest absolute Gasteiger partial charge is 0.358 e. The van der Waals surface area contributed by atoms with Crippen molar-refractivity contribution in [1.82, 2.24) is 10.3 Å². The number of H-pyrrole nitrogens is 1. The quantitative estimate of drug-likeness (QED) is 0.877. The van der Waals surface area contributed by atoms with Crippen LogP contribution in [-0.2, 0) is 0 Å². The minimum absolute atomic E-state index is 0.382. The number of aromatic amines is 1. The van der Waals surface area contributed by atoms with Crippen LogP contribution in [0.25, 0.3) is 10.9 Å². The monoisotopic (exact) mass is 280 g/mol. The van der Waals surface area contributed by atoms with E-state index in [2.05, 4.69) is 65.2 Å². The van der Waals surface area contributed by atoms with Crippen molar-refractivity contribution in [3.05, 3.63) is 33.9 Å². The van der Waals surface area contributed by atoms with Gasteiger partial charge in [-0.2, -0.15) is 0 Å². The molecule has 1 heterocycles. The molecule has 2 N–H and O–H groups in total. The zero-order chi connectivity index (χ0) is 11.7. The first-order chi connectivity index (χ1) is 7.63. The highest BCUT2D eigenvalue weighted by Gasteiger charge is 2.14. The third kappa shape index (κ3) is 2.02. The first-order valence-corrected chi connectivity index (χ1v) is 6.44. The van der Waals surface area contributed by atoms with E-state index in [1.807, 2.05) is 0 Å². The Labute approximate surface area is 105 Å². The summed E-state index contributed by atoms with van der Waals surface area (Å²) in [7, 11) is 0. The average Bonchev–Trinajstić information content (AvgIpc) is 2.53. The van der Waals surface area contributed by atoms with Crippen molar-refractivity contribution < 1.29 is 0 Å². The molecular formula is C13H17BrN2. The Bertz CT molecular complexity index is 502. The Morgan fingerprint density at radius 1 is 1.44 bits per heavy atom. The van der Waals surface area contributed by atoms with Crippen LogP contribution in [-0.4, -0.2) is 11.5 Å². The second kappa shape index (κ2) is 4.60. The molecule has 0 aliphatic heterocycles. The molecule has 1 aromatic carbocycles. The van der Waals surface area contributed by atoms with Crippen LogP contribution >= 0.6 is 15.9 Å². The number of hydrogen-bond donors (Lipinski definition) is 2. The number of rotatable bonds is 3. The fraction of sp³-hybridized carbons (Fsp3) is 0.385. The van der Waals surface area contributed by atoms with Gasteiger partial charge in [0.15, 0.2) is 0 Å². The summed E-state index contributed by atoms with van der Waals surface area (Å²) in [5.74, 6) is 0. The number of hydrogen-bond acceptors (Lipinski definition) is 1. The van der Waals surface area contributed by atoms with E-state index < -0.39 is 0 Å². The van der Waals surface area contributed by atoms with Gasteiger partial charge in [0, 0.05) is 27.1 Å². The molecule has 2 rings (SSSR count). The van der Waals surface area contributed by atoms with Gasteiger partial charge in [0.2, 0.25) is 0 Å². The summed E-state index contributed by atoms with van der Waals surface area (Å²) in [5.41, 5.74) is 3.83. The highest BCUT2D eigenvalue weighted by molar-refractivity contribution is 9.10. The molecule has 0 saturated heterocycles. The molecule has 2 aromatic rings. The molecule has 1 unspecified atom stereocenters. The number of aryl methyl sites for hydroxylation is 1. The number of halogens is 1. The van der Waals surface area contributed by atoms with E-state index in [1.165, 1.54) is 22.2 Å². The number of fused-ring (bicyclic) bond motifs is 1. The van der Waals surface area contributed by atoms with Crippen molar-refractivity contribution in [1.29, 1.82) is 0 Å². The van der Waals surface area contributed by atoms with Crippen LogP contribution < -0.4 is 5.32 Å². The molecule has 0 bridgehead atoms. The van der Waals surface area contributed by atoms with Crippen molar-refractivity contribution in [2.75, 3.05) is 6.54 Å². The highest BCUT2D eigenvalue weighted by Crippen LogP contribution is 2.29. The Morgan fingerprint density at radius 2 is 2.19 bits per heavy atom. The van der Waals surface area contributed by atoms with Gasteiger partial charge in [-0.05, 0) is 44.2 Å². The van der Waals surface area contributed by atoms with E-state index in [0.29, 0.717) is 6.04 Å². The predicted octanol–water partition coefficient (Wildman–Crippen LogP) is 3.91. The second-order valence-corrected chi connectivity index (χ2v) is 5.05. The summed E-state index contributed by atoms with van der Waals surface area (Å²) < 4.78 is 1.13. The van der Waals surface area contributed by atoms with Gasteiger partial charge >= 0.3 is 0 Å². The van der Waals surface area contributed by atoms with Gasteiger partial charge in [0.05, 0.1) is 0 Å². The molecule has 1 aromatic heterocycles. The lowest BCUT2D eigenvalue weighted by atomic mass is 10.0. The standard InChI is InChI=1S/C13H17BrN2/c1-4-15-8(2)13-9(3)16-12-6-5-10(14)7-11(12)13/h5-8,15-16H,4H2,1-3H3. The molecule has 0 saturated carbocycles. The van der Waals surface area contributed by atoms with E-state index >= 15 is 0 Å². The summed E-state index contributed by atoms with van der Waals surface area (Å²) in [5, 5.41) is 4.77. The van der Waals surface area contributed by atoms with Crippen molar-refractivity contribution in [2.24, 2.45) is 0 Å². The lowest BCUT2D eigenvalue weighted by Crippen LogP contribution is -2.18. The number of aromatic nitrogens is 1. The van der Waals surface area contributed by atoms with Crippen LogP contribution in [0.4, 0.5) is 0 Å². The Kier molecular flexibility index (Phi) is 3.36. The summed E-state index contributed by atoms with van der Waals surface area (Å²) >= 11 is 3.53. The van der Waals surface area contributed by atoms with Gasteiger partial charge in [-0.25, -0.2) is 0 Å². The smallest absolute Gasteiger partial charge is 0.0460 e. The maximum Gasteiger partial charge on any atom is 0.0460 e. The topological polar surface area (TPSA) is 27.8 Å². The highest BCUT2D eigenvalue weighted by atomic mass is 79.9. The molecule has 0 aliphatic rings. The molecule has 3 heteroatoms. The third-order valence-corrected chi connectivity index (χ3v) is 3.43. The molecule has 2 nitrogen and oxygen atoms in total. The molecule has 0 amide bonds. The molecule has 0 spiro atoms. The maximum absolute atomic E-state index is 3.53. The van der Waals surface area contributed by atoms with Crippen molar-refractivity contribution in [2.45, 2.75) is 26.8 Å². The zero-order valence-corrected chi connectivity index (χ0v) is 11.5. The van der Waals surface area contributed by atoms with Gasteiger partial charge in [0.25, 0.3) is 0 Å². The first kappa shape index (κ1) is 11.7. The van der Waals surface area contributed by atoms with E-state index in [0.717, 1.165) is 11.0 Å². The molecule has 0 radical (unpaired) electrons. The van der Waals surface area contributed by atoms with Crippen molar-refractivity contribution in [3.8, 4) is 0 Å². The SMILES string of the molecule is CCNC(C)c1c(C)[nH]c2ccc(Br)cc12. The van der Waals surface area contributed by atoms with E-state index in [4.69, 9.17) is 0 Å². The van der Waals surface area contributed by atoms with Gasteiger partial charge in [0.1, 0.15) is 0 Å². The van der Waals surface area contributed by atoms with E-state index in [1.54, 1.807) is 0 Å². The Hall–Kier alpha value is -0.800. The van der Waals surface area contributed by atoms with Crippen molar-refractivity contribution in [3.63, 3.8) is 0 Å². The molecule has 16 heavy (non-hydrogen) atoms. The molecule has 0 fully saturated rings. The second-order valence-electron chi connectivity index (χ2n) is 4.13. The molecular weight excluding hydrogens is 264 g/mol. The molecule has 1 atom stereocenters. The van der Waals surface area contributed by atoms with Crippen LogP contribution in [0.1, 0.15) is 31.1 Å². The fourth-order valence-corrected chi connectivity index (χ4v) is 2.65. The first-order valence-electron chi connectivity index (χ1n) is 5.64. The molecule has 0 aliphatic carbocycles. The number of benzene rings is 1. The van der Waals surface area contributed by atoms with Crippen LogP contribution in [0.2, 0.25) is 0 Å². The summed E-state index contributed by atoms with van der Waals surface area (Å²) in [6, 6.07) is 6.75.